The Bertz CT molecular complexity index is 710. The Hall–Kier alpha value is -0.790. The molecule has 3 N–H and O–H groups in total. The van der Waals surface area contributed by atoms with Crippen molar-refractivity contribution in [2.24, 2.45) is 0 Å². The topological polar surface area (TPSA) is 123 Å². The predicted molar refractivity (Wildman–Crippen MR) is 115 cm³/mol. The summed E-state index contributed by atoms with van der Waals surface area (Å²) < 4.78 is 7.25. The van der Waals surface area contributed by atoms with Crippen LogP contribution in [0.25, 0.3) is 0 Å². The molecule has 1 aliphatic heterocycles. The molecule has 2 heterocycles. The van der Waals surface area contributed by atoms with E-state index in [0.717, 1.165) is 29.9 Å². The van der Waals surface area contributed by atoms with Crippen LogP contribution >= 0.6 is 22.6 Å². The van der Waals surface area contributed by atoms with Gasteiger partial charge in [0.2, 0.25) is 0 Å². The first-order valence-corrected chi connectivity index (χ1v) is 11.4. The lowest BCUT2D eigenvalue weighted by Gasteiger charge is -2.16. The first-order valence-electron chi connectivity index (χ1n) is 10.2. The molecule has 0 bridgehead atoms. The monoisotopic (exact) mass is 526 g/mol. The summed E-state index contributed by atoms with van der Waals surface area (Å²) in [5.74, 6) is 0. The Balaban J connectivity index is 1.64. The van der Waals surface area contributed by atoms with Crippen LogP contribution in [0, 0.1) is 0 Å². The van der Waals surface area contributed by atoms with Crippen LogP contribution in [0.3, 0.4) is 0 Å². The van der Waals surface area contributed by atoms with Gasteiger partial charge in [0.1, 0.15) is 24.9 Å². The number of ether oxygens (including phenoxy) is 1. The van der Waals surface area contributed by atoms with Gasteiger partial charge in [-0.05, 0) is 25.7 Å². The Morgan fingerprint density at radius 2 is 1.90 bits per heavy atom. The van der Waals surface area contributed by atoms with E-state index in [0.29, 0.717) is 10.5 Å². The van der Waals surface area contributed by atoms with E-state index in [-0.39, 0.29) is 6.61 Å². The Labute approximate surface area is 183 Å². The number of hydrogen-bond acceptors (Lipinski definition) is 7. The zero-order valence-corrected chi connectivity index (χ0v) is 18.8. The molecule has 1 fully saturated rings. The summed E-state index contributed by atoms with van der Waals surface area (Å²) >= 11 is 2.51. The molecule has 1 saturated heterocycles. The Morgan fingerprint density at radius 3 is 2.59 bits per heavy atom. The fourth-order valence-electron chi connectivity index (χ4n) is 3.19. The highest BCUT2D eigenvalue weighted by molar-refractivity contribution is 14.1. The number of H-pyrrole nitrogens is 1. The average Bonchev–Trinajstić information content (AvgIpc) is 2.96. The van der Waals surface area contributed by atoms with Gasteiger partial charge in [0.15, 0.2) is 6.23 Å². The number of rotatable bonds is 13. The quantitative estimate of drug-likeness (QED) is 0.118. The highest BCUT2D eigenvalue weighted by atomic mass is 127. The van der Waals surface area contributed by atoms with Gasteiger partial charge in [-0.2, -0.15) is 0 Å². The summed E-state index contributed by atoms with van der Waals surface area (Å²) in [6.45, 7) is 2.56. The number of nitrogens with zero attached hydrogens (tertiary/aromatic N) is 1. The first kappa shape index (κ1) is 24.5. The van der Waals surface area contributed by atoms with Crippen molar-refractivity contribution in [2.75, 3.05) is 13.2 Å². The summed E-state index contributed by atoms with van der Waals surface area (Å²) in [6, 6.07) is 1.14. The summed E-state index contributed by atoms with van der Waals surface area (Å²) in [5, 5.41) is 20.3. The number of unbranched alkanes of at least 4 members (excludes halogenated alkanes) is 3. The predicted octanol–water partition coefficient (Wildman–Crippen LogP) is 1.66. The van der Waals surface area contributed by atoms with E-state index in [1.165, 1.54) is 31.9 Å². The van der Waals surface area contributed by atoms with Crippen molar-refractivity contribution in [1.29, 1.82) is 0 Å². The summed E-state index contributed by atoms with van der Waals surface area (Å²) in [7, 11) is 0. The summed E-state index contributed by atoms with van der Waals surface area (Å²) in [5.41, 5.74) is -1.28. The van der Waals surface area contributed by atoms with Gasteiger partial charge in [-0.25, -0.2) is 14.6 Å². The molecular weight excluding hydrogens is 495 g/mol. The lowest BCUT2D eigenvalue weighted by atomic mass is 10.1. The van der Waals surface area contributed by atoms with Crippen molar-refractivity contribution in [3.8, 4) is 0 Å². The van der Waals surface area contributed by atoms with Gasteiger partial charge in [-0.15, -0.1) is 0 Å². The van der Waals surface area contributed by atoms with Crippen molar-refractivity contribution < 1.29 is 24.7 Å². The Kier molecular flexibility index (Phi) is 10.8. The van der Waals surface area contributed by atoms with Gasteiger partial charge in [0.05, 0.1) is 6.61 Å². The molecule has 166 valence electrons. The minimum Gasteiger partial charge on any atom is -0.387 e. The molecule has 5 atom stereocenters. The Morgan fingerprint density at radius 1 is 1.17 bits per heavy atom. The third kappa shape index (κ3) is 7.76. The van der Waals surface area contributed by atoms with Crippen molar-refractivity contribution in [1.82, 2.24) is 9.55 Å². The highest BCUT2D eigenvalue weighted by Gasteiger charge is 2.44. The van der Waals surface area contributed by atoms with Gasteiger partial charge in [-0.1, -0.05) is 48.8 Å². The standard InChI is InChI=1S/C19H31IN2O7/c1-2-3-4-7-13(20)8-5-6-11-27-28-12-14-16(24)17(25)18(29-14)22-10-9-15(23)21-19(22)26/h9-10,13-14,16-18,24-25H,2-8,11-12H2,1H3,(H,21,23,26)/t13?,14-,16-,17-,18-/m1/s1. The van der Waals surface area contributed by atoms with Gasteiger partial charge in [0.25, 0.3) is 5.56 Å². The fourth-order valence-corrected chi connectivity index (χ4v) is 4.07. The molecule has 0 aliphatic carbocycles. The van der Waals surface area contributed by atoms with Crippen LogP contribution in [-0.2, 0) is 14.5 Å². The molecule has 0 radical (unpaired) electrons. The molecule has 1 aliphatic rings. The molecule has 1 aromatic heterocycles. The molecule has 0 amide bonds. The molecule has 2 rings (SSSR count). The molecule has 0 aromatic carbocycles. The van der Waals surface area contributed by atoms with Crippen LogP contribution in [0.4, 0.5) is 0 Å². The van der Waals surface area contributed by atoms with E-state index < -0.39 is 35.8 Å². The van der Waals surface area contributed by atoms with E-state index in [4.69, 9.17) is 14.5 Å². The minimum atomic E-state index is -1.33. The zero-order chi connectivity index (χ0) is 21.2. The number of nitrogens with one attached hydrogen (secondary N) is 1. The number of alkyl halides is 1. The van der Waals surface area contributed by atoms with E-state index in [9.17, 15) is 19.8 Å². The molecular formula is C19H31IN2O7. The van der Waals surface area contributed by atoms with Gasteiger partial charge in [0, 0.05) is 16.2 Å². The van der Waals surface area contributed by atoms with Crippen LogP contribution in [0.15, 0.2) is 21.9 Å². The van der Waals surface area contributed by atoms with Crippen molar-refractivity contribution in [3.63, 3.8) is 0 Å². The van der Waals surface area contributed by atoms with Crippen LogP contribution in [0.1, 0.15) is 58.1 Å². The van der Waals surface area contributed by atoms with E-state index in [1.807, 2.05) is 0 Å². The number of aromatic amines is 1. The van der Waals surface area contributed by atoms with E-state index in [1.54, 1.807) is 0 Å². The van der Waals surface area contributed by atoms with E-state index in [2.05, 4.69) is 34.5 Å². The summed E-state index contributed by atoms with van der Waals surface area (Å²) in [6.07, 6.45) is 4.82. The van der Waals surface area contributed by atoms with Crippen LogP contribution in [0.5, 0.6) is 0 Å². The lowest BCUT2D eigenvalue weighted by molar-refractivity contribution is -0.310. The first-order chi connectivity index (χ1) is 13.9. The highest BCUT2D eigenvalue weighted by Crippen LogP contribution is 2.28. The molecule has 0 spiro atoms. The zero-order valence-electron chi connectivity index (χ0n) is 16.7. The van der Waals surface area contributed by atoms with Crippen molar-refractivity contribution in [2.45, 2.75) is 80.3 Å². The van der Waals surface area contributed by atoms with Crippen molar-refractivity contribution >= 4 is 22.6 Å². The molecule has 1 unspecified atom stereocenters. The van der Waals surface area contributed by atoms with Crippen molar-refractivity contribution in [3.05, 3.63) is 33.1 Å². The van der Waals surface area contributed by atoms with Gasteiger partial charge >= 0.3 is 5.69 Å². The van der Waals surface area contributed by atoms with Crippen LogP contribution in [-0.4, -0.2) is 55.2 Å². The smallest absolute Gasteiger partial charge is 0.330 e. The number of hydrogen-bond donors (Lipinski definition) is 3. The third-order valence-electron chi connectivity index (χ3n) is 4.89. The average molecular weight is 526 g/mol. The second-order valence-corrected chi connectivity index (χ2v) is 9.02. The maximum absolute atomic E-state index is 11.8. The third-order valence-corrected chi connectivity index (χ3v) is 6.14. The van der Waals surface area contributed by atoms with Crippen LogP contribution in [0.2, 0.25) is 0 Å². The fraction of sp³-hybridized carbons (Fsp3) is 0.789. The molecule has 9 nitrogen and oxygen atoms in total. The van der Waals surface area contributed by atoms with Gasteiger partial charge < -0.3 is 14.9 Å². The lowest BCUT2D eigenvalue weighted by Crippen LogP contribution is -2.37. The molecule has 29 heavy (non-hydrogen) atoms. The number of halogens is 1. The number of aliphatic hydroxyl groups excluding tert-OH is 2. The second kappa shape index (κ2) is 12.8. The summed E-state index contributed by atoms with van der Waals surface area (Å²) in [4.78, 5) is 35.3. The largest absolute Gasteiger partial charge is 0.387 e. The van der Waals surface area contributed by atoms with E-state index >= 15 is 0 Å². The minimum absolute atomic E-state index is 0.0846. The normalized spacial score (nSPS) is 25.4. The number of aliphatic hydroxyl groups is 2. The molecule has 1 aromatic rings. The number of aromatic nitrogens is 2. The second-order valence-electron chi connectivity index (χ2n) is 7.26. The van der Waals surface area contributed by atoms with Gasteiger partial charge in [-0.3, -0.25) is 14.3 Å². The SMILES string of the molecule is CCCCCC(I)CCCCOOC[C@H]1O[C@@H](n2ccc(=O)[nH]c2=O)[C@H](O)[C@@H]1O. The molecule has 10 heteroatoms. The molecule has 0 saturated carbocycles. The van der Waals surface area contributed by atoms with Crippen LogP contribution < -0.4 is 11.2 Å². The maximum atomic E-state index is 11.8. The maximum Gasteiger partial charge on any atom is 0.330 e.